The van der Waals surface area contributed by atoms with Crippen molar-refractivity contribution in [3.8, 4) is 0 Å². The van der Waals surface area contributed by atoms with Crippen molar-refractivity contribution in [2.24, 2.45) is 0 Å². The molecule has 0 aliphatic heterocycles. The standard InChI is InChI=1S/C18H22ClN5OS.ClH/c1-4-23-11-8-15(21-23)17(25)24(10-5-9-22(2)3)18-20-14-7-6-13(19)12-16(14)26-18;/h6-8,11-12H,4-5,9-10H2,1-3H3;1H. The maximum absolute atomic E-state index is 13.1. The van der Waals surface area contributed by atoms with Crippen LogP contribution in [0.3, 0.4) is 0 Å². The van der Waals surface area contributed by atoms with Crippen molar-refractivity contribution in [1.82, 2.24) is 19.7 Å². The van der Waals surface area contributed by atoms with Gasteiger partial charge in [0.25, 0.3) is 5.91 Å². The van der Waals surface area contributed by atoms with Gasteiger partial charge < -0.3 is 4.90 Å². The number of aryl methyl sites for hydroxylation is 1. The molecule has 0 N–H and O–H groups in total. The van der Waals surface area contributed by atoms with E-state index in [9.17, 15) is 4.79 Å². The van der Waals surface area contributed by atoms with Crippen LogP contribution >= 0.6 is 35.3 Å². The molecule has 27 heavy (non-hydrogen) atoms. The van der Waals surface area contributed by atoms with Gasteiger partial charge in [0, 0.05) is 24.3 Å². The first kappa shape index (κ1) is 21.6. The summed E-state index contributed by atoms with van der Waals surface area (Å²) in [6.45, 7) is 4.20. The predicted octanol–water partition coefficient (Wildman–Crippen LogP) is 4.19. The lowest BCUT2D eigenvalue weighted by Crippen LogP contribution is -2.33. The number of amides is 1. The second-order valence-electron chi connectivity index (χ2n) is 6.28. The van der Waals surface area contributed by atoms with Crippen molar-refractivity contribution in [3.63, 3.8) is 0 Å². The first-order valence-electron chi connectivity index (χ1n) is 8.54. The Kier molecular flexibility index (Phi) is 7.61. The molecular weight excluding hydrogens is 405 g/mol. The number of carbonyl (C=O) groups is 1. The third kappa shape index (κ3) is 5.19. The van der Waals surface area contributed by atoms with Crippen LogP contribution in [0.4, 0.5) is 5.13 Å². The Morgan fingerprint density at radius 2 is 2.04 bits per heavy atom. The highest BCUT2D eigenvalue weighted by Crippen LogP contribution is 2.31. The molecule has 146 valence electrons. The number of carbonyl (C=O) groups excluding carboxylic acids is 1. The molecule has 0 saturated heterocycles. The Morgan fingerprint density at radius 3 is 2.70 bits per heavy atom. The smallest absolute Gasteiger partial charge is 0.280 e. The van der Waals surface area contributed by atoms with Gasteiger partial charge in [-0.05, 0) is 58.3 Å². The number of halogens is 2. The first-order chi connectivity index (χ1) is 12.5. The molecule has 2 aromatic heterocycles. The van der Waals surface area contributed by atoms with Gasteiger partial charge in [-0.25, -0.2) is 4.98 Å². The third-order valence-electron chi connectivity index (χ3n) is 3.99. The molecule has 0 radical (unpaired) electrons. The van der Waals surface area contributed by atoms with Gasteiger partial charge in [0.1, 0.15) is 0 Å². The van der Waals surface area contributed by atoms with Crippen LogP contribution in [0.15, 0.2) is 30.5 Å². The molecule has 3 rings (SSSR count). The Labute approximate surface area is 174 Å². The van der Waals surface area contributed by atoms with E-state index in [4.69, 9.17) is 11.6 Å². The average Bonchev–Trinajstić information content (AvgIpc) is 3.24. The Morgan fingerprint density at radius 1 is 1.26 bits per heavy atom. The highest BCUT2D eigenvalue weighted by molar-refractivity contribution is 7.22. The molecule has 0 saturated carbocycles. The van der Waals surface area contributed by atoms with Crippen LogP contribution in [-0.4, -0.2) is 52.8 Å². The molecule has 0 spiro atoms. The quantitative estimate of drug-likeness (QED) is 0.567. The zero-order valence-corrected chi connectivity index (χ0v) is 17.9. The lowest BCUT2D eigenvalue weighted by molar-refractivity contribution is 0.0980. The lowest BCUT2D eigenvalue weighted by atomic mass is 10.3. The summed E-state index contributed by atoms with van der Waals surface area (Å²) in [5, 5.41) is 5.70. The topological polar surface area (TPSA) is 54.3 Å². The van der Waals surface area contributed by atoms with Crippen molar-refractivity contribution in [2.45, 2.75) is 19.9 Å². The van der Waals surface area contributed by atoms with Gasteiger partial charge in [-0.15, -0.1) is 12.4 Å². The largest absolute Gasteiger partial charge is 0.309 e. The Hall–Kier alpha value is -1.67. The molecule has 0 aliphatic carbocycles. The molecule has 0 aliphatic rings. The number of nitrogens with zero attached hydrogens (tertiary/aromatic N) is 5. The van der Waals surface area contributed by atoms with E-state index in [-0.39, 0.29) is 18.3 Å². The van der Waals surface area contributed by atoms with Crippen LogP contribution in [0.5, 0.6) is 0 Å². The molecule has 1 amide bonds. The molecule has 3 aromatic rings. The monoisotopic (exact) mass is 427 g/mol. The number of thiazole rings is 1. The summed E-state index contributed by atoms with van der Waals surface area (Å²) < 4.78 is 2.72. The molecule has 6 nitrogen and oxygen atoms in total. The normalized spacial score (nSPS) is 11.0. The summed E-state index contributed by atoms with van der Waals surface area (Å²) in [7, 11) is 4.05. The van der Waals surface area contributed by atoms with E-state index in [2.05, 4.69) is 15.0 Å². The fraction of sp³-hybridized carbons (Fsp3) is 0.389. The molecule has 0 fully saturated rings. The predicted molar refractivity (Wildman–Crippen MR) is 115 cm³/mol. The van der Waals surface area contributed by atoms with Crippen molar-refractivity contribution in [3.05, 3.63) is 41.2 Å². The fourth-order valence-corrected chi connectivity index (χ4v) is 3.89. The minimum atomic E-state index is -0.124. The summed E-state index contributed by atoms with van der Waals surface area (Å²) in [5.41, 5.74) is 1.29. The minimum absolute atomic E-state index is 0. The second-order valence-corrected chi connectivity index (χ2v) is 7.72. The summed E-state index contributed by atoms with van der Waals surface area (Å²) in [5.74, 6) is -0.124. The van der Waals surface area contributed by atoms with Crippen molar-refractivity contribution < 1.29 is 4.79 Å². The molecular formula is C18H23Cl2N5OS. The van der Waals surface area contributed by atoms with E-state index in [1.165, 1.54) is 11.3 Å². The van der Waals surface area contributed by atoms with Gasteiger partial charge in [0.2, 0.25) is 0 Å². The zero-order valence-electron chi connectivity index (χ0n) is 15.6. The summed E-state index contributed by atoms with van der Waals surface area (Å²) in [6.07, 6.45) is 2.67. The Bertz CT molecular complexity index is 908. The summed E-state index contributed by atoms with van der Waals surface area (Å²) in [4.78, 5) is 21.5. The van der Waals surface area contributed by atoms with Crippen molar-refractivity contribution in [2.75, 3.05) is 32.1 Å². The number of rotatable bonds is 7. The lowest BCUT2D eigenvalue weighted by Gasteiger charge is -2.20. The maximum atomic E-state index is 13.1. The van der Waals surface area contributed by atoms with Gasteiger partial charge in [-0.1, -0.05) is 22.9 Å². The van der Waals surface area contributed by atoms with Crippen LogP contribution in [0.25, 0.3) is 10.2 Å². The van der Waals surface area contributed by atoms with E-state index >= 15 is 0 Å². The highest BCUT2D eigenvalue weighted by Gasteiger charge is 2.23. The van der Waals surface area contributed by atoms with Crippen molar-refractivity contribution in [1.29, 1.82) is 0 Å². The van der Waals surface area contributed by atoms with Gasteiger partial charge in [0.15, 0.2) is 10.8 Å². The van der Waals surface area contributed by atoms with Crippen LogP contribution < -0.4 is 4.90 Å². The summed E-state index contributed by atoms with van der Waals surface area (Å²) in [6, 6.07) is 7.34. The maximum Gasteiger partial charge on any atom is 0.280 e. The SMILES string of the molecule is CCn1ccc(C(=O)N(CCCN(C)C)c2nc3ccc(Cl)cc3s2)n1.Cl. The van der Waals surface area contributed by atoms with Crippen LogP contribution in [0, 0.1) is 0 Å². The molecule has 0 atom stereocenters. The zero-order chi connectivity index (χ0) is 18.7. The first-order valence-corrected chi connectivity index (χ1v) is 9.73. The van der Waals surface area contributed by atoms with Crippen molar-refractivity contribution >= 4 is 56.6 Å². The fourth-order valence-electron chi connectivity index (χ4n) is 2.62. The van der Waals surface area contributed by atoms with Gasteiger partial charge in [-0.2, -0.15) is 5.10 Å². The third-order valence-corrected chi connectivity index (χ3v) is 5.26. The number of fused-ring (bicyclic) bond motifs is 1. The second kappa shape index (κ2) is 9.50. The van der Waals surface area contributed by atoms with E-state index in [0.29, 0.717) is 22.4 Å². The van der Waals surface area contributed by atoms with E-state index in [1.807, 2.05) is 45.4 Å². The molecule has 1 aromatic carbocycles. The molecule has 0 bridgehead atoms. The average molecular weight is 428 g/mol. The molecule has 2 heterocycles. The summed E-state index contributed by atoms with van der Waals surface area (Å²) >= 11 is 7.56. The minimum Gasteiger partial charge on any atom is -0.309 e. The van der Waals surface area contributed by atoms with E-state index < -0.39 is 0 Å². The van der Waals surface area contributed by atoms with E-state index in [1.54, 1.807) is 15.6 Å². The van der Waals surface area contributed by atoms with Gasteiger partial charge in [0.05, 0.1) is 10.2 Å². The Balaban J connectivity index is 0.00000261. The number of benzene rings is 1. The molecule has 9 heteroatoms. The van der Waals surface area contributed by atoms with Gasteiger partial charge in [-0.3, -0.25) is 14.4 Å². The number of hydrogen-bond acceptors (Lipinski definition) is 5. The number of aromatic nitrogens is 3. The van der Waals surface area contributed by atoms with Gasteiger partial charge >= 0.3 is 0 Å². The van der Waals surface area contributed by atoms with Crippen LogP contribution in [0.1, 0.15) is 23.8 Å². The molecule has 0 unspecified atom stereocenters. The van der Waals surface area contributed by atoms with Crippen LogP contribution in [0.2, 0.25) is 5.02 Å². The highest BCUT2D eigenvalue weighted by atomic mass is 35.5. The number of anilines is 1. The van der Waals surface area contributed by atoms with Crippen LogP contribution in [-0.2, 0) is 6.54 Å². The number of hydrogen-bond donors (Lipinski definition) is 0. The van der Waals surface area contributed by atoms with E-state index in [0.717, 1.165) is 29.7 Å².